The lowest BCUT2D eigenvalue weighted by atomic mass is 9.88. The Kier molecular flexibility index (Phi) is 5.65. The van der Waals surface area contributed by atoms with Gasteiger partial charge in [0.15, 0.2) is 11.5 Å². The van der Waals surface area contributed by atoms with Crippen LogP contribution in [0, 0.1) is 24.0 Å². The van der Waals surface area contributed by atoms with E-state index in [9.17, 15) is 10.1 Å². The van der Waals surface area contributed by atoms with Gasteiger partial charge < -0.3 is 9.47 Å². The van der Waals surface area contributed by atoms with Crippen LogP contribution in [0.2, 0.25) is 0 Å². The van der Waals surface area contributed by atoms with Crippen molar-refractivity contribution in [3.8, 4) is 11.5 Å². The summed E-state index contributed by atoms with van der Waals surface area (Å²) in [7, 11) is 3.28. The highest BCUT2D eigenvalue weighted by molar-refractivity contribution is 5.51. The molecule has 1 aliphatic rings. The summed E-state index contributed by atoms with van der Waals surface area (Å²) in [5.74, 6) is 1.40. The molecule has 4 rings (SSSR count). The number of rotatable bonds is 6. The van der Waals surface area contributed by atoms with Crippen molar-refractivity contribution in [2.24, 2.45) is 0 Å². The van der Waals surface area contributed by atoms with Gasteiger partial charge in [-0.25, -0.2) is 4.68 Å². The summed E-state index contributed by atoms with van der Waals surface area (Å²) in [6, 6.07) is 14.3. The number of hydrogen-bond donors (Lipinski definition) is 0. The van der Waals surface area contributed by atoms with Gasteiger partial charge in [-0.1, -0.05) is 30.3 Å². The van der Waals surface area contributed by atoms with Crippen LogP contribution in [-0.2, 0) is 13.1 Å². The van der Waals surface area contributed by atoms with Crippen LogP contribution in [0.15, 0.2) is 42.5 Å². The number of nitrogens with zero attached hydrogens (tertiary/aromatic N) is 4. The summed E-state index contributed by atoms with van der Waals surface area (Å²) in [6.45, 7) is 4.67. The van der Waals surface area contributed by atoms with Crippen LogP contribution in [0.25, 0.3) is 0 Å². The quantitative estimate of drug-likeness (QED) is 0.441. The third-order valence-corrected chi connectivity index (χ3v) is 5.93. The summed E-state index contributed by atoms with van der Waals surface area (Å²) in [5, 5.41) is 15.9. The number of benzene rings is 2. The normalized spacial score (nSPS) is 16.1. The number of fused-ring (bicyclic) bond motifs is 1. The van der Waals surface area contributed by atoms with Crippen LogP contribution in [0.1, 0.15) is 34.1 Å². The Labute approximate surface area is 181 Å². The highest BCUT2D eigenvalue weighted by Gasteiger charge is 2.32. The molecule has 8 heteroatoms. The van der Waals surface area contributed by atoms with E-state index in [1.165, 1.54) is 5.56 Å². The van der Waals surface area contributed by atoms with Crippen molar-refractivity contribution in [3.05, 3.63) is 80.7 Å². The highest BCUT2D eigenvalue weighted by Crippen LogP contribution is 2.41. The standard InChI is InChI=1S/C23H26N4O4/c1-15-22(27(28)29)16(2)26(24-15)14-25-11-10-18-12-20(30-3)21(31-4)13-19(18)23(25)17-8-6-5-7-9-17/h5-9,12-13,23H,10-11,14H2,1-4H3/t23-/m1/s1. The summed E-state index contributed by atoms with van der Waals surface area (Å²) in [4.78, 5) is 13.4. The van der Waals surface area contributed by atoms with E-state index in [0.717, 1.165) is 29.8 Å². The van der Waals surface area contributed by atoms with Gasteiger partial charge in [-0.15, -0.1) is 0 Å². The van der Waals surface area contributed by atoms with Gasteiger partial charge in [0.25, 0.3) is 0 Å². The zero-order valence-electron chi connectivity index (χ0n) is 18.2. The fourth-order valence-electron chi connectivity index (χ4n) is 4.44. The van der Waals surface area contributed by atoms with E-state index < -0.39 is 0 Å². The van der Waals surface area contributed by atoms with Gasteiger partial charge in [0.05, 0.1) is 31.9 Å². The predicted octanol–water partition coefficient (Wildman–Crippen LogP) is 4.03. The van der Waals surface area contributed by atoms with E-state index in [-0.39, 0.29) is 16.7 Å². The molecule has 31 heavy (non-hydrogen) atoms. The van der Waals surface area contributed by atoms with Crippen LogP contribution in [0.5, 0.6) is 11.5 Å². The Bertz CT molecular complexity index is 1110. The van der Waals surface area contributed by atoms with Gasteiger partial charge in [0.1, 0.15) is 11.4 Å². The molecule has 0 aliphatic carbocycles. The minimum atomic E-state index is -0.356. The van der Waals surface area contributed by atoms with Gasteiger partial charge in [0, 0.05) is 6.54 Å². The molecule has 8 nitrogen and oxygen atoms in total. The smallest absolute Gasteiger partial charge is 0.312 e. The SMILES string of the molecule is COc1cc2c(cc1OC)[C@@H](c1ccccc1)N(Cn1nc(C)c([N+](=O)[O-])c1C)CC2. The maximum Gasteiger partial charge on any atom is 0.312 e. The Morgan fingerprint density at radius 2 is 1.81 bits per heavy atom. The molecule has 0 radical (unpaired) electrons. The fraction of sp³-hybridized carbons (Fsp3) is 0.348. The zero-order valence-corrected chi connectivity index (χ0v) is 18.2. The highest BCUT2D eigenvalue weighted by atomic mass is 16.6. The largest absolute Gasteiger partial charge is 0.493 e. The molecule has 0 N–H and O–H groups in total. The van der Waals surface area contributed by atoms with E-state index in [0.29, 0.717) is 23.8 Å². The van der Waals surface area contributed by atoms with Gasteiger partial charge in [-0.2, -0.15) is 5.10 Å². The molecule has 1 aromatic heterocycles. The third-order valence-electron chi connectivity index (χ3n) is 5.93. The second-order valence-corrected chi connectivity index (χ2v) is 7.70. The number of aryl methyl sites for hydroxylation is 1. The van der Waals surface area contributed by atoms with Gasteiger partial charge in [-0.3, -0.25) is 15.0 Å². The van der Waals surface area contributed by atoms with Gasteiger partial charge >= 0.3 is 5.69 Å². The Morgan fingerprint density at radius 1 is 1.13 bits per heavy atom. The molecule has 1 atom stereocenters. The molecule has 3 aromatic rings. The predicted molar refractivity (Wildman–Crippen MR) is 117 cm³/mol. The Hall–Kier alpha value is -3.39. The van der Waals surface area contributed by atoms with Crippen molar-refractivity contribution in [1.82, 2.24) is 14.7 Å². The Balaban J connectivity index is 1.79. The average molecular weight is 422 g/mol. The minimum Gasteiger partial charge on any atom is -0.493 e. The van der Waals surface area contributed by atoms with Crippen molar-refractivity contribution >= 4 is 5.69 Å². The van der Waals surface area contributed by atoms with E-state index in [1.807, 2.05) is 24.3 Å². The van der Waals surface area contributed by atoms with E-state index in [4.69, 9.17) is 9.47 Å². The molecule has 0 fully saturated rings. The second kappa shape index (κ2) is 8.39. The molecule has 162 valence electrons. The van der Waals surface area contributed by atoms with Crippen molar-refractivity contribution < 1.29 is 14.4 Å². The van der Waals surface area contributed by atoms with Crippen molar-refractivity contribution in [2.45, 2.75) is 33.0 Å². The van der Waals surface area contributed by atoms with Crippen LogP contribution >= 0.6 is 0 Å². The lowest BCUT2D eigenvalue weighted by molar-refractivity contribution is -0.386. The first-order valence-electron chi connectivity index (χ1n) is 10.2. The average Bonchev–Trinajstić information content (AvgIpc) is 3.05. The van der Waals surface area contributed by atoms with Gasteiger partial charge in [-0.05, 0) is 49.1 Å². The fourth-order valence-corrected chi connectivity index (χ4v) is 4.44. The molecular formula is C23H26N4O4. The first-order chi connectivity index (χ1) is 14.9. The van der Waals surface area contributed by atoms with Crippen molar-refractivity contribution in [1.29, 1.82) is 0 Å². The number of methoxy groups -OCH3 is 2. The second-order valence-electron chi connectivity index (χ2n) is 7.70. The molecule has 0 unspecified atom stereocenters. The monoisotopic (exact) mass is 422 g/mol. The molecule has 0 bridgehead atoms. The molecule has 0 amide bonds. The topological polar surface area (TPSA) is 82.7 Å². The number of aromatic nitrogens is 2. The van der Waals surface area contributed by atoms with Crippen LogP contribution < -0.4 is 9.47 Å². The molecule has 2 heterocycles. The molecule has 0 saturated carbocycles. The Morgan fingerprint density at radius 3 is 2.42 bits per heavy atom. The van der Waals surface area contributed by atoms with Gasteiger partial charge in [0.2, 0.25) is 0 Å². The van der Waals surface area contributed by atoms with Crippen LogP contribution in [-0.4, -0.2) is 40.4 Å². The molecule has 1 aliphatic heterocycles. The lowest BCUT2D eigenvalue weighted by Gasteiger charge is -2.38. The van der Waals surface area contributed by atoms with Crippen LogP contribution in [0.3, 0.4) is 0 Å². The molecule has 0 spiro atoms. The van der Waals surface area contributed by atoms with Crippen LogP contribution in [0.4, 0.5) is 5.69 Å². The third kappa shape index (κ3) is 3.74. The van der Waals surface area contributed by atoms with Crippen molar-refractivity contribution in [3.63, 3.8) is 0 Å². The summed E-state index contributed by atoms with van der Waals surface area (Å²) in [5.41, 5.74) is 4.58. The minimum absolute atomic E-state index is 0.0345. The first kappa shape index (κ1) is 20.9. The lowest BCUT2D eigenvalue weighted by Crippen LogP contribution is -2.38. The molecular weight excluding hydrogens is 396 g/mol. The summed E-state index contributed by atoms with van der Waals surface area (Å²) >= 11 is 0. The summed E-state index contributed by atoms with van der Waals surface area (Å²) < 4.78 is 12.8. The molecule has 2 aromatic carbocycles. The molecule has 0 saturated heterocycles. The maximum absolute atomic E-state index is 11.4. The zero-order chi connectivity index (χ0) is 22.1. The van der Waals surface area contributed by atoms with E-state index >= 15 is 0 Å². The first-order valence-corrected chi connectivity index (χ1v) is 10.2. The van der Waals surface area contributed by atoms with Crippen molar-refractivity contribution in [2.75, 3.05) is 20.8 Å². The maximum atomic E-state index is 11.4. The summed E-state index contributed by atoms with van der Waals surface area (Å²) in [6.07, 6.45) is 0.834. The number of ether oxygens (including phenoxy) is 2. The number of hydrogen-bond acceptors (Lipinski definition) is 6. The van der Waals surface area contributed by atoms with E-state index in [1.54, 1.807) is 32.7 Å². The van der Waals surface area contributed by atoms with E-state index in [2.05, 4.69) is 28.2 Å². The number of nitro groups is 1.